The summed E-state index contributed by atoms with van der Waals surface area (Å²) >= 11 is 0. The molecule has 1 heterocycles. The summed E-state index contributed by atoms with van der Waals surface area (Å²) in [6.45, 7) is 2.89. The number of benzene rings is 2. The monoisotopic (exact) mass is 410 g/mol. The lowest BCUT2D eigenvalue weighted by molar-refractivity contribution is -0.139. The number of methoxy groups -OCH3 is 2. The van der Waals surface area contributed by atoms with E-state index in [0.29, 0.717) is 28.6 Å². The fraction of sp³-hybridized carbons (Fsp3) is 0.217. The van der Waals surface area contributed by atoms with E-state index in [1.54, 1.807) is 31.4 Å². The second-order valence-corrected chi connectivity index (χ2v) is 6.42. The van der Waals surface area contributed by atoms with Gasteiger partial charge in [0, 0.05) is 24.8 Å². The van der Waals surface area contributed by atoms with E-state index in [1.807, 2.05) is 24.3 Å². The molecule has 2 aromatic carbocycles. The maximum absolute atomic E-state index is 11.2. The Kier molecular flexibility index (Phi) is 6.41. The maximum Gasteiger partial charge on any atom is 0.308 e. The van der Waals surface area contributed by atoms with Gasteiger partial charge in [-0.2, -0.15) is 0 Å². The third-order valence-corrected chi connectivity index (χ3v) is 4.22. The van der Waals surface area contributed by atoms with Gasteiger partial charge in [-0.1, -0.05) is 6.08 Å². The Morgan fingerprint density at radius 1 is 0.933 bits per heavy atom. The number of furan rings is 1. The van der Waals surface area contributed by atoms with Gasteiger partial charge in [-0.05, 0) is 48.0 Å². The van der Waals surface area contributed by atoms with E-state index in [9.17, 15) is 9.59 Å². The topological polar surface area (TPSA) is 84.2 Å². The van der Waals surface area contributed by atoms with Crippen LogP contribution in [0.15, 0.2) is 46.9 Å². The van der Waals surface area contributed by atoms with Gasteiger partial charge >= 0.3 is 11.9 Å². The summed E-state index contributed by atoms with van der Waals surface area (Å²) in [5.41, 5.74) is 2.24. The van der Waals surface area contributed by atoms with Crippen LogP contribution in [0.4, 0.5) is 0 Å². The molecule has 7 heteroatoms. The summed E-state index contributed by atoms with van der Waals surface area (Å²) in [4.78, 5) is 22.1. The van der Waals surface area contributed by atoms with Crippen LogP contribution in [0.2, 0.25) is 0 Å². The summed E-state index contributed by atoms with van der Waals surface area (Å²) in [6.07, 6.45) is 3.59. The summed E-state index contributed by atoms with van der Waals surface area (Å²) in [7, 11) is 3.07. The van der Waals surface area contributed by atoms with Gasteiger partial charge < -0.3 is 23.4 Å². The van der Waals surface area contributed by atoms with Crippen LogP contribution in [0.25, 0.3) is 28.4 Å². The Morgan fingerprint density at radius 2 is 1.70 bits per heavy atom. The van der Waals surface area contributed by atoms with Crippen molar-refractivity contribution in [3.8, 4) is 28.6 Å². The number of ether oxygens (including phenoxy) is 4. The van der Waals surface area contributed by atoms with Gasteiger partial charge in [0.1, 0.15) is 12.4 Å². The fourth-order valence-corrected chi connectivity index (χ4v) is 2.94. The second kappa shape index (κ2) is 9.17. The number of hydrogen-bond acceptors (Lipinski definition) is 7. The highest BCUT2D eigenvalue weighted by molar-refractivity contribution is 5.90. The third kappa shape index (κ3) is 4.81. The van der Waals surface area contributed by atoms with Crippen molar-refractivity contribution in [3.05, 3.63) is 48.0 Å². The van der Waals surface area contributed by atoms with Crippen LogP contribution in [0.3, 0.4) is 0 Å². The quantitative estimate of drug-likeness (QED) is 0.415. The van der Waals surface area contributed by atoms with E-state index in [1.165, 1.54) is 21.0 Å². The minimum atomic E-state index is -0.427. The SMILES string of the molecule is COc1cc(-c2cc3cc(/C=C/COC(C)=O)cc(OC)c3o2)ccc1OC(C)=O. The number of carbonyl (C=O) groups excluding carboxylic acids is 2. The molecule has 0 aliphatic rings. The summed E-state index contributed by atoms with van der Waals surface area (Å²) in [5, 5.41) is 0.847. The first-order chi connectivity index (χ1) is 14.4. The molecule has 0 saturated heterocycles. The first-order valence-corrected chi connectivity index (χ1v) is 9.19. The molecule has 0 unspecified atom stereocenters. The van der Waals surface area contributed by atoms with Crippen LogP contribution in [0, 0.1) is 0 Å². The predicted molar refractivity (Wildman–Crippen MR) is 112 cm³/mol. The van der Waals surface area contributed by atoms with Crippen molar-refractivity contribution in [1.29, 1.82) is 0 Å². The third-order valence-electron chi connectivity index (χ3n) is 4.22. The molecule has 0 bridgehead atoms. The van der Waals surface area contributed by atoms with Gasteiger partial charge in [-0.15, -0.1) is 0 Å². The van der Waals surface area contributed by atoms with Crippen molar-refractivity contribution in [3.63, 3.8) is 0 Å². The zero-order valence-electron chi connectivity index (χ0n) is 17.2. The number of fused-ring (bicyclic) bond motifs is 1. The molecule has 3 rings (SSSR count). The minimum absolute atomic E-state index is 0.195. The van der Waals surface area contributed by atoms with Crippen LogP contribution in [0.1, 0.15) is 19.4 Å². The zero-order chi connectivity index (χ0) is 21.7. The van der Waals surface area contributed by atoms with E-state index in [4.69, 9.17) is 23.4 Å². The first kappa shape index (κ1) is 21.0. The van der Waals surface area contributed by atoms with Crippen molar-refractivity contribution >= 4 is 29.0 Å². The Morgan fingerprint density at radius 3 is 2.37 bits per heavy atom. The number of esters is 2. The lowest BCUT2D eigenvalue weighted by atomic mass is 10.1. The molecule has 0 radical (unpaired) electrons. The van der Waals surface area contributed by atoms with Crippen molar-refractivity contribution < 1.29 is 33.0 Å². The second-order valence-electron chi connectivity index (χ2n) is 6.42. The smallest absolute Gasteiger partial charge is 0.308 e. The number of hydrogen-bond donors (Lipinski definition) is 0. The van der Waals surface area contributed by atoms with Crippen LogP contribution < -0.4 is 14.2 Å². The molecule has 3 aromatic rings. The average Bonchev–Trinajstić information content (AvgIpc) is 3.14. The van der Waals surface area contributed by atoms with Gasteiger partial charge in [0.05, 0.1) is 14.2 Å². The molecular weight excluding hydrogens is 388 g/mol. The average molecular weight is 410 g/mol. The molecule has 30 heavy (non-hydrogen) atoms. The summed E-state index contributed by atoms with van der Waals surface area (Å²) in [6, 6.07) is 10.8. The molecule has 0 spiro atoms. The molecule has 0 N–H and O–H groups in total. The Labute approximate surface area is 173 Å². The molecule has 0 aliphatic carbocycles. The summed E-state index contributed by atoms with van der Waals surface area (Å²) in [5.74, 6) is 1.18. The molecule has 156 valence electrons. The van der Waals surface area contributed by atoms with Gasteiger partial charge in [0.15, 0.2) is 22.8 Å². The van der Waals surface area contributed by atoms with E-state index < -0.39 is 5.97 Å². The molecule has 0 amide bonds. The van der Waals surface area contributed by atoms with E-state index >= 15 is 0 Å². The Balaban J connectivity index is 1.96. The number of rotatable bonds is 7. The molecule has 0 atom stereocenters. The molecular formula is C23H22O7. The fourth-order valence-electron chi connectivity index (χ4n) is 2.94. The Hall–Kier alpha value is -3.74. The van der Waals surface area contributed by atoms with E-state index in [0.717, 1.165) is 16.5 Å². The Bertz CT molecular complexity index is 1110. The summed E-state index contributed by atoms with van der Waals surface area (Å²) < 4.78 is 26.9. The molecule has 1 aromatic heterocycles. The molecule has 0 saturated carbocycles. The normalized spacial score (nSPS) is 10.9. The highest BCUT2D eigenvalue weighted by Crippen LogP contribution is 2.38. The molecule has 0 fully saturated rings. The van der Waals surface area contributed by atoms with E-state index in [-0.39, 0.29) is 12.6 Å². The van der Waals surface area contributed by atoms with Crippen LogP contribution in [0.5, 0.6) is 17.2 Å². The van der Waals surface area contributed by atoms with Crippen molar-refractivity contribution in [1.82, 2.24) is 0 Å². The number of carbonyl (C=O) groups is 2. The molecule has 0 aliphatic heterocycles. The van der Waals surface area contributed by atoms with Crippen LogP contribution in [-0.4, -0.2) is 32.8 Å². The van der Waals surface area contributed by atoms with Gasteiger partial charge in [-0.25, -0.2) is 0 Å². The largest absolute Gasteiger partial charge is 0.493 e. The lowest BCUT2D eigenvalue weighted by Crippen LogP contribution is -2.02. The molecule has 7 nitrogen and oxygen atoms in total. The minimum Gasteiger partial charge on any atom is -0.493 e. The van der Waals surface area contributed by atoms with Crippen molar-refractivity contribution in [2.24, 2.45) is 0 Å². The van der Waals surface area contributed by atoms with Gasteiger partial charge in [0.25, 0.3) is 0 Å². The van der Waals surface area contributed by atoms with Crippen molar-refractivity contribution in [2.75, 3.05) is 20.8 Å². The van der Waals surface area contributed by atoms with E-state index in [2.05, 4.69) is 0 Å². The lowest BCUT2D eigenvalue weighted by Gasteiger charge is -2.09. The first-order valence-electron chi connectivity index (χ1n) is 9.19. The standard InChI is InChI=1S/C23H22O7/c1-14(24)28-9-5-6-16-10-18-13-20(30-23(18)22(11-16)27-4)17-7-8-19(29-15(2)25)21(12-17)26-3/h5-8,10-13H,9H2,1-4H3/b6-5+. The van der Waals surface area contributed by atoms with Crippen LogP contribution in [-0.2, 0) is 14.3 Å². The predicted octanol–water partition coefficient (Wildman–Crippen LogP) is 4.62. The van der Waals surface area contributed by atoms with Crippen LogP contribution >= 0.6 is 0 Å². The van der Waals surface area contributed by atoms with Crippen molar-refractivity contribution in [2.45, 2.75) is 13.8 Å². The highest BCUT2D eigenvalue weighted by atomic mass is 16.6. The van der Waals surface area contributed by atoms with Gasteiger partial charge in [-0.3, -0.25) is 9.59 Å². The maximum atomic E-state index is 11.2. The zero-order valence-corrected chi connectivity index (χ0v) is 17.2. The highest BCUT2D eigenvalue weighted by Gasteiger charge is 2.15. The van der Waals surface area contributed by atoms with Gasteiger partial charge in [0.2, 0.25) is 0 Å².